The van der Waals surface area contributed by atoms with Crippen molar-refractivity contribution < 1.29 is 13.2 Å². The van der Waals surface area contributed by atoms with Crippen molar-refractivity contribution in [1.29, 1.82) is 0 Å². The number of amides is 1. The van der Waals surface area contributed by atoms with Crippen LogP contribution in [0.15, 0.2) is 70.9 Å². The number of nitrogens with one attached hydrogen (secondary N) is 1. The molecule has 1 N–H and O–H groups in total. The van der Waals surface area contributed by atoms with Gasteiger partial charge in [0, 0.05) is 29.9 Å². The average molecular weight is 437 g/mol. The molecule has 30 heavy (non-hydrogen) atoms. The summed E-state index contributed by atoms with van der Waals surface area (Å²) < 4.78 is 27.2. The van der Waals surface area contributed by atoms with Gasteiger partial charge in [-0.3, -0.25) is 4.79 Å². The van der Waals surface area contributed by atoms with Gasteiger partial charge in [0.2, 0.25) is 10.0 Å². The van der Waals surface area contributed by atoms with Gasteiger partial charge < -0.3 is 5.32 Å². The Kier molecular flexibility index (Phi) is 6.00. The van der Waals surface area contributed by atoms with Crippen LogP contribution < -0.4 is 5.32 Å². The van der Waals surface area contributed by atoms with Crippen molar-refractivity contribution in [3.8, 4) is 11.8 Å². The lowest BCUT2D eigenvalue weighted by Crippen LogP contribution is -2.29. The molecular weight excluding hydrogens is 416 g/mol. The van der Waals surface area contributed by atoms with Crippen LogP contribution in [0.25, 0.3) is 0 Å². The monoisotopic (exact) mass is 436 g/mol. The zero-order chi connectivity index (χ0) is 21.0. The first kappa shape index (κ1) is 20.4. The fraction of sp³-hybridized carbons (Fsp3) is 0.174. The third-order valence-corrected chi connectivity index (χ3v) is 7.75. The van der Waals surface area contributed by atoms with Gasteiger partial charge in [0.1, 0.15) is 9.77 Å². The number of thiophene rings is 1. The Morgan fingerprint density at radius 2 is 1.63 bits per heavy atom. The molecule has 1 amide bonds. The number of rotatable bonds is 4. The Balaban J connectivity index is 1.53. The first-order chi connectivity index (χ1) is 14.5. The lowest BCUT2D eigenvalue weighted by molar-refractivity contribution is 0.102. The van der Waals surface area contributed by atoms with E-state index in [4.69, 9.17) is 0 Å². The largest absolute Gasteiger partial charge is 0.321 e. The topological polar surface area (TPSA) is 66.5 Å². The second kappa shape index (κ2) is 8.84. The van der Waals surface area contributed by atoms with Crippen LogP contribution in [0.3, 0.4) is 0 Å². The molecule has 152 valence electrons. The molecule has 0 bridgehead atoms. The summed E-state index contributed by atoms with van der Waals surface area (Å²) in [5, 5.41) is 4.45. The van der Waals surface area contributed by atoms with Crippen LogP contribution in [0.2, 0.25) is 0 Å². The zero-order valence-electron chi connectivity index (χ0n) is 16.2. The zero-order valence-corrected chi connectivity index (χ0v) is 17.8. The van der Waals surface area contributed by atoms with Crippen LogP contribution in [-0.4, -0.2) is 31.7 Å². The molecule has 5 nitrogen and oxygen atoms in total. The second-order valence-electron chi connectivity index (χ2n) is 6.88. The van der Waals surface area contributed by atoms with Gasteiger partial charge in [-0.25, -0.2) is 8.42 Å². The predicted octanol–water partition coefficient (Wildman–Crippen LogP) is 4.18. The molecule has 2 aromatic carbocycles. The van der Waals surface area contributed by atoms with Crippen molar-refractivity contribution >= 4 is 33.0 Å². The average Bonchev–Trinajstić information content (AvgIpc) is 3.46. The molecular formula is C23H20N2O3S2. The molecule has 0 radical (unpaired) electrons. The van der Waals surface area contributed by atoms with E-state index >= 15 is 0 Å². The number of anilines is 1. The first-order valence-corrected chi connectivity index (χ1v) is 11.9. The van der Waals surface area contributed by atoms with Crippen molar-refractivity contribution in [1.82, 2.24) is 4.31 Å². The maximum absolute atomic E-state index is 12.9. The van der Waals surface area contributed by atoms with E-state index in [9.17, 15) is 13.2 Å². The lowest BCUT2D eigenvalue weighted by atomic mass is 10.1. The molecule has 4 rings (SSSR count). The number of sulfonamides is 1. The minimum Gasteiger partial charge on any atom is -0.321 e. The Bertz CT molecular complexity index is 1220. The standard InChI is InChI=1S/C23H20N2O3S2/c26-23(22-21(13-16-29-22)30(27,28)25-14-4-5-15-25)24-20-10-6-9-19(17-20)12-11-18-7-2-1-3-8-18/h1-3,6-10,13,16-17H,4-5,14-15H2,(H,24,26). The van der Waals surface area contributed by atoms with Crippen LogP contribution in [0.4, 0.5) is 5.69 Å². The Morgan fingerprint density at radius 1 is 0.933 bits per heavy atom. The van der Waals surface area contributed by atoms with E-state index in [2.05, 4.69) is 17.2 Å². The summed E-state index contributed by atoms with van der Waals surface area (Å²) in [6.07, 6.45) is 1.70. The van der Waals surface area contributed by atoms with Gasteiger partial charge in [0.15, 0.2) is 0 Å². The van der Waals surface area contributed by atoms with E-state index < -0.39 is 15.9 Å². The summed E-state index contributed by atoms with van der Waals surface area (Å²) in [5.41, 5.74) is 2.23. The Hall–Kier alpha value is -2.92. The molecule has 0 atom stereocenters. The number of benzene rings is 2. The maximum atomic E-state index is 12.9. The molecule has 1 aliphatic heterocycles. The van der Waals surface area contributed by atoms with Crippen LogP contribution in [0.1, 0.15) is 33.6 Å². The van der Waals surface area contributed by atoms with E-state index in [-0.39, 0.29) is 9.77 Å². The number of nitrogens with zero attached hydrogens (tertiary/aromatic N) is 1. The van der Waals surface area contributed by atoms with Gasteiger partial charge in [0.25, 0.3) is 5.91 Å². The molecule has 7 heteroatoms. The molecule has 0 aliphatic carbocycles. The smallest absolute Gasteiger partial charge is 0.267 e. The van der Waals surface area contributed by atoms with Crippen molar-refractivity contribution in [3.63, 3.8) is 0 Å². The van der Waals surface area contributed by atoms with Gasteiger partial charge >= 0.3 is 0 Å². The Labute approximate surface area is 180 Å². The van der Waals surface area contributed by atoms with E-state index in [1.165, 1.54) is 10.4 Å². The fourth-order valence-electron chi connectivity index (χ4n) is 3.26. The fourth-order valence-corrected chi connectivity index (χ4v) is 6.08. The van der Waals surface area contributed by atoms with Gasteiger partial charge in [-0.2, -0.15) is 4.31 Å². The summed E-state index contributed by atoms with van der Waals surface area (Å²) in [6.45, 7) is 1.00. The molecule has 2 heterocycles. The van der Waals surface area contributed by atoms with Crippen LogP contribution in [-0.2, 0) is 10.0 Å². The van der Waals surface area contributed by atoms with Gasteiger partial charge in [-0.15, -0.1) is 11.3 Å². The lowest BCUT2D eigenvalue weighted by Gasteiger charge is -2.15. The number of hydrogen-bond acceptors (Lipinski definition) is 4. The summed E-state index contributed by atoms with van der Waals surface area (Å²) in [4.78, 5) is 13.1. The normalized spacial score (nSPS) is 14.1. The van der Waals surface area contributed by atoms with Crippen molar-refractivity contribution in [2.75, 3.05) is 18.4 Å². The van der Waals surface area contributed by atoms with Crippen LogP contribution in [0.5, 0.6) is 0 Å². The summed E-state index contributed by atoms with van der Waals surface area (Å²) in [6, 6.07) is 18.4. The molecule has 1 saturated heterocycles. The SMILES string of the molecule is O=C(Nc1cccc(C#Cc2ccccc2)c1)c1sccc1S(=O)(=O)N1CCCC1. The third-order valence-electron chi connectivity index (χ3n) is 4.76. The molecule has 0 unspecified atom stereocenters. The van der Waals surface area contributed by atoms with Crippen molar-refractivity contribution in [2.24, 2.45) is 0 Å². The number of carbonyl (C=O) groups excluding carboxylic acids is 1. The highest BCUT2D eigenvalue weighted by Crippen LogP contribution is 2.28. The third kappa shape index (κ3) is 4.46. The minimum atomic E-state index is -3.65. The van der Waals surface area contributed by atoms with E-state index in [0.717, 1.165) is 35.3 Å². The van der Waals surface area contributed by atoms with Gasteiger partial charge in [-0.1, -0.05) is 36.1 Å². The molecule has 3 aromatic rings. The molecule has 1 aromatic heterocycles. The number of hydrogen-bond donors (Lipinski definition) is 1. The van der Waals surface area contributed by atoms with Gasteiger partial charge in [-0.05, 0) is 54.6 Å². The second-order valence-corrected chi connectivity index (χ2v) is 9.70. The van der Waals surface area contributed by atoms with Crippen LogP contribution in [0, 0.1) is 11.8 Å². The molecule has 0 saturated carbocycles. The number of carbonyl (C=O) groups is 1. The highest BCUT2D eigenvalue weighted by Gasteiger charge is 2.31. The highest BCUT2D eigenvalue weighted by molar-refractivity contribution is 7.89. The van der Waals surface area contributed by atoms with E-state index in [1.807, 2.05) is 36.4 Å². The first-order valence-electron chi connectivity index (χ1n) is 9.60. The van der Waals surface area contributed by atoms with E-state index in [0.29, 0.717) is 18.8 Å². The highest BCUT2D eigenvalue weighted by atomic mass is 32.2. The van der Waals surface area contributed by atoms with Crippen molar-refractivity contribution in [3.05, 3.63) is 82.0 Å². The minimum absolute atomic E-state index is 0.0759. The van der Waals surface area contributed by atoms with Gasteiger partial charge in [0.05, 0.1) is 0 Å². The predicted molar refractivity (Wildman–Crippen MR) is 119 cm³/mol. The maximum Gasteiger partial charge on any atom is 0.267 e. The quantitative estimate of drug-likeness (QED) is 0.624. The molecule has 1 aliphatic rings. The summed E-state index contributed by atoms with van der Waals surface area (Å²) in [5.74, 6) is 5.73. The Morgan fingerprint density at radius 3 is 2.40 bits per heavy atom. The van der Waals surface area contributed by atoms with Crippen LogP contribution >= 0.6 is 11.3 Å². The molecule has 1 fully saturated rings. The van der Waals surface area contributed by atoms with Crippen molar-refractivity contribution in [2.45, 2.75) is 17.7 Å². The summed E-state index contributed by atoms with van der Waals surface area (Å²) in [7, 11) is -3.65. The van der Waals surface area contributed by atoms with E-state index in [1.54, 1.807) is 23.6 Å². The molecule has 0 spiro atoms. The summed E-state index contributed by atoms with van der Waals surface area (Å²) >= 11 is 1.13.